The number of aromatic nitrogens is 4. The quantitative estimate of drug-likeness (QED) is 0.797. The number of nitrogens with zero attached hydrogens (tertiary/aromatic N) is 6. The van der Waals surface area contributed by atoms with Gasteiger partial charge in [0.1, 0.15) is 11.9 Å². The highest BCUT2D eigenvalue weighted by Gasteiger charge is 2.26. The van der Waals surface area contributed by atoms with Crippen molar-refractivity contribution < 1.29 is 14.3 Å². The summed E-state index contributed by atoms with van der Waals surface area (Å²) in [5.41, 5.74) is 0.848. The Labute approximate surface area is 157 Å². The maximum Gasteiger partial charge on any atom is 0.410 e. The summed E-state index contributed by atoms with van der Waals surface area (Å²) < 4.78 is 6.95. The number of carbonyl (C=O) groups is 2. The van der Waals surface area contributed by atoms with Crippen LogP contribution in [0.15, 0.2) is 30.6 Å². The normalized spacial score (nSPS) is 15.4. The molecular weight excluding hydrogens is 348 g/mol. The molecule has 1 fully saturated rings. The lowest BCUT2D eigenvalue weighted by Crippen LogP contribution is -2.40. The first-order valence-electron chi connectivity index (χ1n) is 8.94. The summed E-state index contributed by atoms with van der Waals surface area (Å²) in [5, 5.41) is 11.0. The molecule has 1 aromatic heterocycles. The molecule has 0 unspecified atom stereocenters. The average molecular weight is 372 g/mol. The highest BCUT2D eigenvalue weighted by atomic mass is 16.6. The van der Waals surface area contributed by atoms with Gasteiger partial charge in [-0.2, -0.15) is 0 Å². The predicted octanol–water partition coefficient (Wildman–Crippen LogP) is 1.75. The smallest absolute Gasteiger partial charge is 0.410 e. The Morgan fingerprint density at radius 2 is 1.67 bits per heavy atom. The SMILES string of the molecule is CC(C)(C)OC(=O)N1CCCN(C(=O)c2ccc(-n3cnnn3)cc2)CC1. The van der Waals surface area contributed by atoms with E-state index in [1.54, 1.807) is 34.1 Å². The van der Waals surface area contributed by atoms with Gasteiger partial charge in [-0.05, 0) is 61.9 Å². The number of hydrogen-bond acceptors (Lipinski definition) is 6. The number of tetrazole rings is 1. The molecule has 9 heteroatoms. The Hall–Kier alpha value is -2.97. The molecule has 1 saturated heterocycles. The van der Waals surface area contributed by atoms with Crippen LogP contribution in [0.2, 0.25) is 0 Å². The summed E-state index contributed by atoms with van der Waals surface area (Å²) in [7, 11) is 0. The highest BCUT2D eigenvalue weighted by Crippen LogP contribution is 2.15. The topological polar surface area (TPSA) is 93.5 Å². The minimum Gasteiger partial charge on any atom is -0.444 e. The van der Waals surface area contributed by atoms with Crippen LogP contribution in [0.4, 0.5) is 4.79 Å². The van der Waals surface area contributed by atoms with Crippen LogP contribution in [0.5, 0.6) is 0 Å². The molecule has 0 spiro atoms. The number of ether oxygens (including phenoxy) is 1. The lowest BCUT2D eigenvalue weighted by molar-refractivity contribution is 0.0255. The van der Waals surface area contributed by atoms with Crippen LogP contribution < -0.4 is 0 Å². The zero-order valence-corrected chi connectivity index (χ0v) is 15.8. The van der Waals surface area contributed by atoms with Crippen LogP contribution >= 0.6 is 0 Å². The first kappa shape index (κ1) is 18.8. The van der Waals surface area contributed by atoms with Crippen LogP contribution in [0.25, 0.3) is 5.69 Å². The van der Waals surface area contributed by atoms with Gasteiger partial charge in [0.05, 0.1) is 5.69 Å². The lowest BCUT2D eigenvalue weighted by Gasteiger charge is -2.26. The van der Waals surface area contributed by atoms with Crippen LogP contribution in [0.1, 0.15) is 37.6 Å². The van der Waals surface area contributed by atoms with Crippen LogP contribution in [-0.4, -0.2) is 73.8 Å². The van der Waals surface area contributed by atoms with Crippen molar-refractivity contribution in [3.63, 3.8) is 0 Å². The summed E-state index contributed by atoms with van der Waals surface area (Å²) >= 11 is 0. The summed E-state index contributed by atoms with van der Waals surface area (Å²) in [5.74, 6) is -0.0516. The number of hydrogen-bond donors (Lipinski definition) is 0. The Morgan fingerprint density at radius 1 is 1.00 bits per heavy atom. The van der Waals surface area contributed by atoms with Gasteiger partial charge in [-0.1, -0.05) is 0 Å². The Bertz CT molecular complexity index is 782. The highest BCUT2D eigenvalue weighted by molar-refractivity contribution is 5.94. The van der Waals surface area contributed by atoms with E-state index in [-0.39, 0.29) is 12.0 Å². The molecule has 0 radical (unpaired) electrons. The van der Waals surface area contributed by atoms with Gasteiger partial charge >= 0.3 is 6.09 Å². The molecule has 0 bridgehead atoms. The van der Waals surface area contributed by atoms with E-state index in [1.165, 1.54) is 11.0 Å². The molecule has 0 saturated carbocycles. The molecule has 1 aliphatic rings. The predicted molar refractivity (Wildman–Crippen MR) is 97.5 cm³/mol. The standard InChI is InChI=1S/C18H24N6O3/c1-18(2,3)27-17(26)23-10-4-9-22(11-12-23)16(25)14-5-7-15(8-6-14)24-13-19-20-21-24/h5-8,13H,4,9-12H2,1-3H3. The van der Waals surface area contributed by atoms with Crippen molar-refractivity contribution in [3.05, 3.63) is 36.2 Å². The van der Waals surface area contributed by atoms with Gasteiger partial charge < -0.3 is 14.5 Å². The van der Waals surface area contributed by atoms with E-state index < -0.39 is 5.60 Å². The fourth-order valence-electron chi connectivity index (χ4n) is 2.85. The number of amides is 2. The number of benzene rings is 1. The molecule has 2 amide bonds. The van der Waals surface area contributed by atoms with E-state index >= 15 is 0 Å². The van der Waals surface area contributed by atoms with E-state index in [4.69, 9.17) is 4.74 Å². The minimum absolute atomic E-state index is 0.0516. The summed E-state index contributed by atoms with van der Waals surface area (Å²) in [4.78, 5) is 28.5. The fourth-order valence-corrected chi connectivity index (χ4v) is 2.85. The third kappa shape index (κ3) is 4.81. The molecule has 2 aromatic rings. The van der Waals surface area contributed by atoms with Crippen LogP contribution in [0.3, 0.4) is 0 Å². The van der Waals surface area contributed by atoms with Crippen LogP contribution in [-0.2, 0) is 4.74 Å². The van der Waals surface area contributed by atoms with Gasteiger partial charge in [0.15, 0.2) is 0 Å². The van der Waals surface area contributed by atoms with Crippen molar-refractivity contribution >= 4 is 12.0 Å². The third-order valence-electron chi connectivity index (χ3n) is 4.16. The summed E-state index contributed by atoms with van der Waals surface area (Å²) in [6.07, 6.45) is 1.88. The molecule has 27 heavy (non-hydrogen) atoms. The second-order valence-electron chi connectivity index (χ2n) is 7.41. The van der Waals surface area contributed by atoms with Crippen molar-refractivity contribution in [3.8, 4) is 5.69 Å². The maximum atomic E-state index is 12.8. The maximum absolute atomic E-state index is 12.8. The van der Waals surface area contributed by atoms with Gasteiger partial charge in [0, 0.05) is 31.7 Å². The van der Waals surface area contributed by atoms with E-state index in [1.807, 2.05) is 20.8 Å². The van der Waals surface area contributed by atoms with Gasteiger partial charge in [-0.25, -0.2) is 9.48 Å². The zero-order valence-electron chi connectivity index (χ0n) is 15.8. The average Bonchev–Trinajstić information content (AvgIpc) is 3.04. The number of rotatable bonds is 2. The zero-order chi connectivity index (χ0) is 19.4. The molecule has 0 aliphatic carbocycles. The molecule has 3 rings (SSSR count). The van der Waals surface area contributed by atoms with Crippen molar-refractivity contribution in [2.45, 2.75) is 32.8 Å². The fraction of sp³-hybridized carbons (Fsp3) is 0.500. The van der Waals surface area contributed by atoms with Crippen molar-refractivity contribution in [2.75, 3.05) is 26.2 Å². The first-order valence-corrected chi connectivity index (χ1v) is 8.94. The Kier molecular flexibility index (Phi) is 5.38. The van der Waals surface area contributed by atoms with Crippen molar-refractivity contribution in [2.24, 2.45) is 0 Å². The lowest BCUT2D eigenvalue weighted by atomic mass is 10.1. The molecule has 0 atom stereocenters. The Balaban J connectivity index is 1.61. The molecule has 9 nitrogen and oxygen atoms in total. The monoisotopic (exact) mass is 372 g/mol. The van der Waals surface area contributed by atoms with Gasteiger partial charge in [-0.15, -0.1) is 5.10 Å². The van der Waals surface area contributed by atoms with Crippen molar-refractivity contribution in [1.82, 2.24) is 30.0 Å². The van der Waals surface area contributed by atoms with E-state index in [0.29, 0.717) is 38.2 Å². The van der Waals surface area contributed by atoms with E-state index in [2.05, 4.69) is 15.5 Å². The minimum atomic E-state index is -0.528. The second kappa shape index (κ2) is 7.73. The van der Waals surface area contributed by atoms with Crippen LogP contribution in [0, 0.1) is 0 Å². The molecule has 2 heterocycles. The number of carbonyl (C=O) groups excluding carboxylic acids is 2. The van der Waals surface area contributed by atoms with E-state index in [0.717, 1.165) is 5.69 Å². The van der Waals surface area contributed by atoms with Gasteiger partial charge in [0.2, 0.25) is 0 Å². The molecular formula is C18H24N6O3. The molecule has 144 valence electrons. The van der Waals surface area contributed by atoms with Gasteiger partial charge in [0.25, 0.3) is 5.91 Å². The molecule has 0 N–H and O–H groups in total. The van der Waals surface area contributed by atoms with Gasteiger partial charge in [-0.3, -0.25) is 4.79 Å². The second-order valence-corrected chi connectivity index (χ2v) is 7.41. The Morgan fingerprint density at radius 3 is 2.30 bits per heavy atom. The van der Waals surface area contributed by atoms with E-state index in [9.17, 15) is 9.59 Å². The first-order chi connectivity index (χ1) is 12.8. The summed E-state index contributed by atoms with van der Waals surface area (Å²) in [6.45, 7) is 7.66. The largest absolute Gasteiger partial charge is 0.444 e. The third-order valence-corrected chi connectivity index (χ3v) is 4.16. The summed E-state index contributed by atoms with van der Waals surface area (Å²) in [6, 6.07) is 7.12. The molecule has 1 aliphatic heterocycles. The van der Waals surface area contributed by atoms with Crippen molar-refractivity contribution in [1.29, 1.82) is 0 Å². The molecule has 1 aromatic carbocycles.